The minimum Gasteiger partial charge on any atom is -0.462 e. The molecule has 0 saturated heterocycles. The maximum Gasteiger partial charge on any atom is 0.343 e. The second kappa shape index (κ2) is 9.66. The molecule has 0 spiro atoms. The Labute approximate surface area is 171 Å². The molecule has 2 aromatic rings. The summed E-state index contributed by atoms with van der Waals surface area (Å²) in [4.78, 5) is 24.8. The largest absolute Gasteiger partial charge is 0.462 e. The van der Waals surface area contributed by atoms with E-state index in [1.54, 1.807) is 0 Å². The van der Waals surface area contributed by atoms with E-state index in [9.17, 15) is 32.3 Å². The smallest absolute Gasteiger partial charge is 0.343 e. The molecule has 0 atom stereocenters. The average molecular weight is 476 g/mol. The fraction of sp³-hybridized carbons (Fsp3) is 0.158. The molecule has 154 valence electrons. The van der Waals surface area contributed by atoms with Gasteiger partial charge in [-0.25, -0.2) is 22.4 Å². The summed E-state index contributed by atoms with van der Waals surface area (Å²) in [5.74, 6) is -7.49. The first-order valence-corrected chi connectivity index (χ1v) is 8.91. The molecule has 2 N–H and O–H groups in total. The highest BCUT2D eigenvalue weighted by atomic mass is 79.9. The minimum absolute atomic E-state index is 0.110. The predicted octanol–water partition coefficient (Wildman–Crippen LogP) is 4.24. The van der Waals surface area contributed by atoms with Crippen molar-refractivity contribution in [1.29, 1.82) is 0 Å². The molecule has 0 saturated carbocycles. The Morgan fingerprint density at radius 3 is 2.48 bits per heavy atom. The Bertz CT molecular complexity index is 995. The normalized spacial score (nSPS) is 11.3. The Balaban J connectivity index is 2.50. The van der Waals surface area contributed by atoms with E-state index in [1.807, 2.05) is 0 Å². The van der Waals surface area contributed by atoms with Crippen molar-refractivity contribution in [3.05, 3.63) is 74.9 Å². The van der Waals surface area contributed by atoms with E-state index in [0.717, 1.165) is 18.3 Å². The van der Waals surface area contributed by atoms with E-state index in [2.05, 4.69) is 21.2 Å². The molecular formula is C19H14BrF4NO4. The van der Waals surface area contributed by atoms with Crippen LogP contribution in [0.4, 0.5) is 23.2 Å². The van der Waals surface area contributed by atoms with Gasteiger partial charge in [-0.2, -0.15) is 0 Å². The van der Waals surface area contributed by atoms with Crippen molar-refractivity contribution < 1.29 is 37.0 Å². The van der Waals surface area contributed by atoms with Crippen LogP contribution in [0.15, 0.2) is 40.5 Å². The third kappa shape index (κ3) is 5.01. The number of benzene rings is 2. The lowest BCUT2D eigenvalue weighted by Gasteiger charge is -2.11. The van der Waals surface area contributed by atoms with Crippen molar-refractivity contribution in [1.82, 2.24) is 0 Å². The lowest BCUT2D eigenvalue weighted by atomic mass is 10.0. The molecule has 0 aliphatic rings. The second-order valence-corrected chi connectivity index (χ2v) is 6.35. The van der Waals surface area contributed by atoms with Crippen LogP contribution < -0.4 is 5.32 Å². The number of rotatable bonds is 7. The average Bonchev–Trinajstić information content (AvgIpc) is 2.70. The number of aliphatic hydroxyl groups is 1. The molecule has 10 heteroatoms. The highest BCUT2D eigenvalue weighted by Crippen LogP contribution is 2.27. The molecule has 0 unspecified atom stereocenters. The van der Waals surface area contributed by atoms with Crippen molar-refractivity contribution in [2.24, 2.45) is 0 Å². The Kier molecular flexibility index (Phi) is 7.52. The van der Waals surface area contributed by atoms with Gasteiger partial charge in [-0.15, -0.1) is 0 Å². The van der Waals surface area contributed by atoms with Gasteiger partial charge in [0.25, 0.3) is 0 Å². The molecule has 0 radical (unpaired) electrons. The zero-order chi connectivity index (χ0) is 21.7. The van der Waals surface area contributed by atoms with E-state index >= 15 is 0 Å². The third-order valence-corrected chi connectivity index (χ3v) is 4.39. The fourth-order valence-electron chi connectivity index (χ4n) is 2.29. The van der Waals surface area contributed by atoms with Crippen LogP contribution in [0.25, 0.3) is 0 Å². The van der Waals surface area contributed by atoms with Crippen LogP contribution in [0.1, 0.15) is 22.8 Å². The number of aliphatic hydroxyl groups excluding tert-OH is 1. The number of carbonyl (C=O) groups excluding carboxylic acids is 2. The van der Waals surface area contributed by atoms with Gasteiger partial charge in [0.1, 0.15) is 11.4 Å². The van der Waals surface area contributed by atoms with E-state index < -0.39 is 57.2 Å². The summed E-state index contributed by atoms with van der Waals surface area (Å²) in [6.45, 7) is 0.791. The number of ketones is 1. The van der Waals surface area contributed by atoms with Gasteiger partial charge in [0.15, 0.2) is 17.5 Å². The number of anilines is 1. The number of halogens is 5. The van der Waals surface area contributed by atoms with Gasteiger partial charge in [0.2, 0.25) is 5.78 Å². The van der Waals surface area contributed by atoms with Gasteiger partial charge in [-0.3, -0.25) is 4.79 Å². The third-order valence-electron chi connectivity index (χ3n) is 3.70. The van der Waals surface area contributed by atoms with Crippen LogP contribution in [0.2, 0.25) is 0 Å². The van der Waals surface area contributed by atoms with E-state index in [1.165, 1.54) is 13.0 Å². The van der Waals surface area contributed by atoms with E-state index in [4.69, 9.17) is 4.74 Å². The van der Waals surface area contributed by atoms with Crippen molar-refractivity contribution in [3.63, 3.8) is 0 Å². The fourth-order valence-corrected chi connectivity index (χ4v) is 2.70. The summed E-state index contributed by atoms with van der Waals surface area (Å²) in [5.41, 5.74) is -1.37. The van der Waals surface area contributed by atoms with Crippen LogP contribution in [0.3, 0.4) is 0 Å². The monoisotopic (exact) mass is 475 g/mol. The van der Waals surface area contributed by atoms with E-state index in [-0.39, 0.29) is 17.9 Å². The highest BCUT2D eigenvalue weighted by Gasteiger charge is 2.28. The van der Waals surface area contributed by atoms with Gasteiger partial charge in [-0.1, -0.05) is 0 Å². The number of ether oxygens (including phenoxy) is 1. The SMILES string of the molecule is CCOC(=O)/C(=C\Nc1ccc(F)cc1CO)C(=O)c1cc(F)c(F)c(Br)c1F. The summed E-state index contributed by atoms with van der Waals surface area (Å²) in [7, 11) is 0. The molecule has 0 fully saturated rings. The molecular weight excluding hydrogens is 462 g/mol. The van der Waals surface area contributed by atoms with Crippen LogP contribution in [0.5, 0.6) is 0 Å². The molecule has 0 amide bonds. The van der Waals surface area contributed by atoms with Crippen molar-refractivity contribution in [2.75, 3.05) is 11.9 Å². The molecule has 2 rings (SSSR count). The zero-order valence-corrected chi connectivity index (χ0v) is 16.4. The first-order chi connectivity index (χ1) is 13.7. The lowest BCUT2D eigenvalue weighted by Crippen LogP contribution is -2.19. The number of hydrogen-bond donors (Lipinski definition) is 2. The van der Waals surface area contributed by atoms with Gasteiger partial charge >= 0.3 is 5.97 Å². The molecule has 0 bridgehead atoms. The maximum atomic E-state index is 14.3. The summed E-state index contributed by atoms with van der Waals surface area (Å²) in [5, 5.41) is 11.8. The molecule has 2 aromatic carbocycles. The van der Waals surface area contributed by atoms with Crippen LogP contribution in [-0.2, 0) is 16.1 Å². The van der Waals surface area contributed by atoms with Gasteiger partial charge in [0, 0.05) is 17.5 Å². The van der Waals surface area contributed by atoms with Crippen molar-refractivity contribution >= 4 is 33.4 Å². The molecule has 5 nitrogen and oxygen atoms in total. The number of hydrogen-bond acceptors (Lipinski definition) is 5. The molecule has 0 aliphatic heterocycles. The maximum absolute atomic E-state index is 14.3. The summed E-state index contributed by atoms with van der Waals surface area (Å²) < 4.78 is 58.5. The van der Waals surface area contributed by atoms with Gasteiger partial charge in [0.05, 0.1) is 23.2 Å². The molecule has 0 aliphatic carbocycles. The van der Waals surface area contributed by atoms with E-state index in [0.29, 0.717) is 6.07 Å². The summed E-state index contributed by atoms with van der Waals surface area (Å²) >= 11 is 2.51. The van der Waals surface area contributed by atoms with Gasteiger partial charge < -0.3 is 15.2 Å². The highest BCUT2D eigenvalue weighted by molar-refractivity contribution is 9.10. The summed E-state index contributed by atoms with van der Waals surface area (Å²) in [6.07, 6.45) is 0.849. The summed E-state index contributed by atoms with van der Waals surface area (Å²) in [6, 6.07) is 3.64. The van der Waals surface area contributed by atoms with Crippen molar-refractivity contribution in [2.45, 2.75) is 13.5 Å². The Morgan fingerprint density at radius 2 is 1.86 bits per heavy atom. The predicted molar refractivity (Wildman–Crippen MR) is 99.0 cm³/mol. The second-order valence-electron chi connectivity index (χ2n) is 5.56. The number of nitrogens with one attached hydrogen (secondary N) is 1. The van der Waals surface area contributed by atoms with Gasteiger partial charge in [-0.05, 0) is 47.1 Å². The quantitative estimate of drug-likeness (QED) is 0.0915. The van der Waals surface area contributed by atoms with Crippen LogP contribution >= 0.6 is 15.9 Å². The van der Waals surface area contributed by atoms with Crippen molar-refractivity contribution in [3.8, 4) is 0 Å². The standard InChI is InChI=1S/C19H14BrF4NO4/c1-2-29-19(28)12(7-25-14-4-3-10(21)5-9(14)8-26)18(27)11-6-13(22)17(24)15(20)16(11)23/h3-7,25-26H,2,8H2,1H3/b12-7-. The number of carbonyl (C=O) groups is 2. The molecule has 29 heavy (non-hydrogen) atoms. The number of Topliss-reactive ketones (excluding diaryl/α,β-unsaturated/α-hetero) is 1. The zero-order valence-electron chi connectivity index (χ0n) is 14.9. The first-order valence-electron chi connectivity index (χ1n) is 8.12. The number of esters is 1. The Hall–Kier alpha value is -2.72. The Morgan fingerprint density at radius 1 is 1.17 bits per heavy atom. The topological polar surface area (TPSA) is 75.6 Å². The molecule has 0 aromatic heterocycles. The minimum atomic E-state index is -1.53. The van der Waals surface area contributed by atoms with Crippen LogP contribution in [-0.4, -0.2) is 23.5 Å². The lowest BCUT2D eigenvalue weighted by molar-refractivity contribution is -0.138. The molecule has 0 heterocycles. The first kappa shape index (κ1) is 22.6. The van der Waals surface area contributed by atoms with Crippen LogP contribution in [0, 0.1) is 23.3 Å².